The fourth-order valence-electron chi connectivity index (χ4n) is 4.71. The molecule has 0 radical (unpaired) electrons. The summed E-state index contributed by atoms with van der Waals surface area (Å²) in [4.78, 5) is 27.6. The van der Waals surface area contributed by atoms with Gasteiger partial charge in [-0.2, -0.15) is 0 Å². The van der Waals surface area contributed by atoms with Gasteiger partial charge in [0, 0.05) is 17.5 Å². The lowest BCUT2D eigenvalue weighted by molar-refractivity contribution is 0.0904. The van der Waals surface area contributed by atoms with Gasteiger partial charge in [-0.1, -0.05) is 35.9 Å². The van der Waals surface area contributed by atoms with Gasteiger partial charge in [-0.05, 0) is 63.1 Å². The van der Waals surface area contributed by atoms with E-state index in [1.54, 1.807) is 80.3 Å². The molecule has 0 saturated carbocycles. The van der Waals surface area contributed by atoms with Crippen LogP contribution in [-0.4, -0.2) is 44.6 Å². The van der Waals surface area contributed by atoms with Crippen LogP contribution < -0.4 is 14.4 Å². The van der Waals surface area contributed by atoms with Gasteiger partial charge >= 0.3 is 6.09 Å². The van der Waals surface area contributed by atoms with Gasteiger partial charge in [0.1, 0.15) is 24.5 Å². The molecule has 0 unspecified atom stereocenters. The van der Waals surface area contributed by atoms with E-state index in [0.717, 1.165) is 0 Å². The number of hydrogen-bond donors (Lipinski definition) is 1. The molecule has 1 aromatic heterocycles. The van der Waals surface area contributed by atoms with E-state index < -0.39 is 27.8 Å². The van der Waals surface area contributed by atoms with Crippen LogP contribution in [0.5, 0.6) is 5.75 Å². The SMILES string of the molecule is CC(C)(C)NS(=O)(=O)c1ccccc1-c1ccc2c(c1)OC[C@H]1[C@H](CCC(=O)c3ccc(Cl)s3)OC(=O)N21. The Bertz CT molecular complexity index is 1510. The molecule has 200 valence electrons. The lowest BCUT2D eigenvalue weighted by atomic mass is 10.0. The fourth-order valence-corrected chi connectivity index (χ4v) is 7.37. The second kappa shape index (κ2) is 10.00. The van der Waals surface area contributed by atoms with Crippen LogP contribution in [0.4, 0.5) is 10.5 Å². The van der Waals surface area contributed by atoms with E-state index in [2.05, 4.69) is 4.72 Å². The van der Waals surface area contributed by atoms with Crippen molar-refractivity contribution in [3.05, 3.63) is 63.8 Å². The largest absolute Gasteiger partial charge is 0.489 e. The van der Waals surface area contributed by atoms with Crippen LogP contribution in [0.15, 0.2) is 59.5 Å². The summed E-state index contributed by atoms with van der Waals surface area (Å²) in [5.41, 5.74) is 1.06. The first-order valence-electron chi connectivity index (χ1n) is 12.1. The summed E-state index contributed by atoms with van der Waals surface area (Å²) in [5.74, 6) is 0.407. The van der Waals surface area contributed by atoms with Gasteiger partial charge in [0.05, 0.1) is 19.8 Å². The Morgan fingerprint density at radius 3 is 2.63 bits per heavy atom. The van der Waals surface area contributed by atoms with Gasteiger partial charge in [0.25, 0.3) is 0 Å². The van der Waals surface area contributed by atoms with Crippen molar-refractivity contribution in [2.24, 2.45) is 0 Å². The predicted octanol–water partition coefficient (Wildman–Crippen LogP) is 5.89. The number of ether oxygens (including phenoxy) is 2. The van der Waals surface area contributed by atoms with Crippen LogP contribution in [-0.2, 0) is 14.8 Å². The predicted molar refractivity (Wildman–Crippen MR) is 147 cm³/mol. The van der Waals surface area contributed by atoms with E-state index in [1.165, 1.54) is 11.3 Å². The molecular weight excluding hydrogens is 548 g/mol. The molecule has 1 saturated heterocycles. The quantitative estimate of drug-likeness (QED) is 0.353. The number of thiophene rings is 1. The molecule has 2 aliphatic rings. The summed E-state index contributed by atoms with van der Waals surface area (Å²) in [7, 11) is -3.79. The number of rotatable bonds is 7. The molecule has 2 atom stereocenters. The summed E-state index contributed by atoms with van der Waals surface area (Å²) >= 11 is 7.17. The van der Waals surface area contributed by atoms with Crippen molar-refractivity contribution < 1.29 is 27.5 Å². The Labute approximate surface area is 230 Å². The molecule has 1 N–H and O–H groups in total. The zero-order valence-electron chi connectivity index (χ0n) is 21.1. The number of fused-ring (bicyclic) bond motifs is 3. The van der Waals surface area contributed by atoms with Crippen molar-refractivity contribution >= 4 is 50.5 Å². The minimum atomic E-state index is -3.79. The van der Waals surface area contributed by atoms with Crippen LogP contribution in [0, 0.1) is 0 Å². The number of Topliss-reactive ketones (excluding diaryl/α,β-unsaturated/α-hetero) is 1. The first-order valence-corrected chi connectivity index (χ1v) is 14.8. The molecule has 0 aliphatic carbocycles. The van der Waals surface area contributed by atoms with E-state index in [4.69, 9.17) is 21.1 Å². The third-order valence-electron chi connectivity index (χ3n) is 6.27. The average molecular weight is 575 g/mol. The van der Waals surface area contributed by atoms with Gasteiger partial charge in [-0.25, -0.2) is 17.9 Å². The Kier molecular flexibility index (Phi) is 7.02. The number of ketones is 1. The molecule has 3 heterocycles. The molecule has 38 heavy (non-hydrogen) atoms. The fraction of sp³-hybridized carbons (Fsp3) is 0.333. The molecule has 1 amide bonds. The number of carbonyl (C=O) groups is 2. The van der Waals surface area contributed by atoms with Crippen molar-refractivity contribution in [3.63, 3.8) is 0 Å². The highest BCUT2D eigenvalue weighted by atomic mass is 35.5. The summed E-state index contributed by atoms with van der Waals surface area (Å²) in [6, 6.07) is 15.0. The van der Waals surface area contributed by atoms with Crippen molar-refractivity contribution in [2.75, 3.05) is 11.5 Å². The molecule has 2 aromatic carbocycles. The van der Waals surface area contributed by atoms with Crippen molar-refractivity contribution in [2.45, 2.75) is 56.2 Å². The maximum atomic E-state index is 13.1. The van der Waals surface area contributed by atoms with Gasteiger partial charge < -0.3 is 9.47 Å². The van der Waals surface area contributed by atoms with Crippen LogP contribution in [0.3, 0.4) is 0 Å². The van der Waals surface area contributed by atoms with Crippen molar-refractivity contribution in [1.29, 1.82) is 0 Å². The lowest BCUT2D eigenvalue weighted by Gasteiger charge is -2.31. The van der Waals surface area contributed by atoms with E-state index in [0.29, 0.717) is 38.2 Å². The Morgan fingerprint density at radius 1 is 1.16 bits per heavy atom. The van der Waals surface area contributed by atoms with Crippen LogP contribution in [0.2, 0.25) is 4.34 Å². The summed E-state index contributed by atoms with van der Waals surface area (Å²) in [5, 5.41) is 0. The maximum absolute atomic E-state index is 13.1. The Balaban J connectivity index is 1.37. The molecule has 1 fully saturated rings. The number of amides is 1. The second-order valence-electron chi connectivity index (χ2n) is 10.3. The number of halogens is 1. The molecule has 5 rings (SSSR count). The smallest absolute Gasteiger partial charge is 0.415 e. The second-order valence-corrected chi connectivity index (χ2v) is 13.6. The van der Waals surface area contributed by atoms with Gasteiger partial charge in [-0.15, -0.1) is 11.3 Å². The van der Waals surface area contributed by atoms with Gasteiger partial charge in [0.2, 0.25) is 10.0 Å². The molecule has 11 heteroatoms. The monoisotopic (exact) mass is 574 g/mol. The first kappa shape index (κ1) is 26.7. The Hall–Kier alpha value is -2.92. The Morgan fingerprint density at radius 2 is 1.92 bits per heavy atom. The zero-order chi connectivity index (χ0) is 27.2. The highest BCUT2D eigenvalue weighted by Gasteiger charge is 2.46. The normalized spacial score (nSPS) is 18.9. The molecule has 2 aliphatic heterocycles. The summed E-state index contributed by atoms with van der Waals surface area (Å²) in [6.07, 6.45) is -0.409. The standard InChI is InChI=1S/C27H27ClN2O6S2/c1-27(2,3)29-38(33,34)24-7-5-4-6-17(24)16-8-9-18-22(14-16)35-15-19-21(36-26(32)30(18)19)11-10-20(31)23-12-13-25(28)37-23/h4-9,12-14,19,21,29H,10-11,15H2,1-3H3/t19-,21-/m0/s1. The molecule has 0 bridgehead atoms. The highest BCUT2D eigenvalue weighted by Crippen LogP contribution is 2.42. The molecule has 0 spiro atoms. The zero-order valence-corrected chi connectivity index (χ0v) is 23.5. The van der Waals surface area contributed by atoms with Crippen LogP contribution >= 0.6 is 22.9 Å². The lowest BCUT2D eigenvalue weighted by Crippen LogP contribution is -2.44. The van der Waals surface area contributed by atoms with Gasteiger partial charge in [-0.3, -0.25) is 9.69 Å². The number of nitrogens with one attached hydrogen (secondary N) is 1. The molecule has 8 nitrogen and oxygen atoms in total. The van der Waals surface area contributed by atoms with Crippen LogP contribution in [0.1, 0.15) is 43.3 Å². The number of cyclic esters (lactones) is 1. The van der Waals surface area contributed by atoms with Gasteiger partial charge in [0.15, 0.2) is 5.78 Å². The average Bonchev–Trinajstić information content (AvgIpc) is 3.43. The number of sulfonamides is 1. The van der Waals surface area contributed by atoms with E-state index in [9.17, 15) is 18.0 Å². The number of nitrogens with zero attached hydrogens (tertiary/aromatic N) is 1. The van der Waals surface area contributed by atoms with E-state index in [1.807, 2.05) is 0 Å². The summed E-state index contributed by atoms with van der Waals surface area (Å²) in [6.45, 7) is 5.54. The minimum absolute atomic E-state index is 0.0484. The molecular formula is C27H27ClN2O6S2. The number of anilines is 1. The third-order valence-corrected chi connectivity index (χ3v) is 9.36. The summed E-state index contributed by atoms with van der Waals surface area (Å²) < 4.78 is 41.2. The third kappa shape index (κ3) is 5.31. The van der Waals surface area contributed by atoms with E-state index >= 15 is 0 Å². The number of benzene rings is 2. The van der Waals surface area contributed by atoms with Crippen molar-refractivity contribution in [1.82, 2.24) is 4.72 Å². The number of carbonyl (C=O) groups excluding carboxylic acids is 2. The number of hydrogen-bond acceptors (Lipinski definition) is 7. The highest BCUT2D eigenvalue weighted by molar-refractivity contribution is 7.89. The first-order chi connectivity index (χ1) is 17.9. The van der Waals surface area contributed by atoms with Crippen LogP contribution in [0.25, 0.3) is 11.1 Å². The maximum Gasteiger partial charge on any atom is 0.415 e. The van der Waals surface area contributed by atoms with E-state index in [-0.39, 0.29) is 29.7 Å². The minimum Gasteiger partial charge on any atom is -0.489 e. The topological polar surface area (TPSA) is 102 Å². The van der Waals surface area contributed by atoms with Crippen molar-refractivity contribution in [3.8, 4) is 16.9 Å². The molecule has 3 aromatic rings.